The monoisotopic (exact) mass is 431 g/mol. The molecule has 0 unspecified atom stereocenters. The molecular weight excluding hydrogens is 420 g/mol. The van der Waals surface area contributed by atoms with Gasteiger partial charge in [-0.1, -0.05) is 0 Å². The molecule has 1 amide bonds. The third-order valence-corrected chi connectivity index (χ3v) is 3.65. The fourth-order valence-electron chi connectivity index (χ4n) is 2.27. The Morgan fingerprint density at radius 3 is 2.33 bits per heavy atom. The number of oxazole rings is 1. The molecule has 0 atom stereocenters. The molecule has 30 heavy (non-hydrogen) atoms. The molecule has 13 heteroatoms. The smallest absolute Gasteiger partial charge is 0.416 e. The Morgan fingerprint density at radius 2 is 1.77 bits per heavy atom. The first-order valence-corrected chi connectivity index (χ1v) is 8.07. The predicted octanol–water partition coefficient (Wildman–Crippen LogP) is 3.76. The second kappa shape index (κ2) is 8.00. The highest BCUT2D eigenvalue weighted by atomic mass is 19.4. The van der Waals surface area contributed by atoms with Crippen LogP contribution in [0.15, 0.2) is 47.6 Å². The van der Waals surface area contributed by atoms with Crippen LogP contribution in [0, 0.1) is 0 Å². The van der Waals surface area contributed by atoms with Crippen LogP contribution < -0.4 is 5.32 Å². The maximum Gasteiger partial charge on any atom is 0.416 e. The highest BCUT2D eigenvalue weighted by molar-refractivity contribution is 5.89. The van der Waals surface area contributed by atoms with E-state index in [9.17, 15) is 31.1 Å². The lowest BCUT2D eigenvalue weighted by molar-refractivity contribution is -0.143. The summed E-state index contributed by atoms with van der Waals surface area (Å²) in [4.78, 5) is 19.1. The predicted molar refractivity (Wildman–Crippen MR) is 89.1 cm³/mol. The lowest BCUT2D eigenvalue weighted by Gasteiger charge is -2.13. The van der Waals surface area contributed by atoms with Gasteiger partial charge in [0.2, 0.25) is 5.91 Å². The van der Waals surface area contributed by atoms with Gasteiger partial charge in [-0.15, -0.1) is 5.10 Å². The lowest BCUT2D eigenvalue weighted by atomic mass is 10.0. The van der Waals surface area contributed by atoms with Gasteiger partial charge in [-0.2, -0.15) is 26.3 Å². The standard InChI is InChI=1S/C17H11F6N5O2/c18-16(19,20)11-3-10(4-12(5-11)17(21,22)23)15-26-8-28(27-15)2-1-14(29)25-7-13-6-24-9-30-13/h1-6,8-9H,7H2,(H,25,29). The number of hydrogen-bond donors (Lipinski definition) is 1. The summed E-state index contributed by atoms with van der Waals surface area (Å²) in [6.07, 6.45) is -4.18. The van der Waals surface area contributed by atoms with Crippen molar-refractivity contribution in [3.8, 4) is 11.4 Å². The van der Waals surface area contributed by atoms with Crippen molar-refractivity contribution in [2.75, 3.05) is 0 Å². The van der Waals surface area contributed by atoms with E-state index in [-0.39, 0.29) is 18.4 Å². The molecule has 2 heterocycles. The van der Waals surface area contributed by atoms with Crippen LogP contribution in [0.1, 0.15) is 16.9 Å². The molecule has 3 rings (SSSR count). The molecule has 0 radical (unpaired) electrons. The van der Waals surface area contributed by atoms with Gasteiger partial charge in [0.05, 0.1) is 23.9 Å². The number of alkyl halides is 6. The zero-order chi connectivity index (χ0) is 21.9. The SMILES string of the molecule is O=C(C=Cn1cnc(-c2cc(C(F)(F)F)cc(C(F)(F)F)c2)n1)NCc1cnco1. The number of benzene rings is 1. The first kappa shape index (κ1) is 21.1. The molecule has 2 aromatic heterocycles. The van der Waals surface area contributed by atoms with Crippen LogP contribution in [0.4, 0.5) is 26.3 Å². The van der Waals surface area contributed by atoms with Gasteiger partial charge >= 0.3 is 12.4 Å². The fourth-order valence-corrected chi connectivity index (χ4v) is 2.27. The Labute approximate surface area is 164 Å². The first-order chi connectivity index (χ1) is 14.0. The minimum absolute atomic E-state index is 0.0132. The lowest BCUT2D eigenvalue weighted by Crippen LogP contribution is -2.20. The highest BCUT2D eigenvalue weighted by Gasteiger charge is 2.37. The van der Waals surface area contributed by atoms with Crippen LogP contribution in [0.25, 0.3) is 17.6 Å². The summed E-state index contributed by atoms with van der Waals surface area (Å²) in [6.45, 7) is 0.0657. The van der Waals surface area contributed by atoms with Crippen LogP contribution in [0.3, 0.4) is 0 Å². The average Bonchev–Trinajstić information content (AvgIpc) is 3.35. The second-order valence-corrected chi connectivity index (χ2v) is 5.84. The summed E-state index contributed by atoms with van der Waals surface area (Å²) in [7, 11) is 0. The summed E-state index contributed by atoms with van der Waals surface area (Å²) in [5.74, 6) is -0.523. The number of amides is 1. The number of halogens is 6. The van der Waals surface area contributed by atoms with E-state index in [1.165, 1.54) is 12.6 Å². The van der Waals surface area contributed by atoms with Gasteiger partial charge in [0.15, 0.2) is 12.2 Å². The maximum absolute atomic E-state index is 13.0. The van der Waals surface area contributed by atoms with Gasteiger partial charge < -0.3 is 9.73 Å². The molecule has 1 N–H and O–H groups in total. The summed E-state index contributed by atoms with van der Waals surface area (Å²) in [5, 5.41) is 6.26. The Kier molecular flexibility index (Phi) is 5.62. The van der Waals surface area contributed by atoms with E-state index in [0.717, 1.165) is 23.3 Å². The Morgan fingerprint density at radius 1 is 1.10 bits per heavy atom. The summed E-state index contributed by atoms with van der Waals surface area (Å²) >= 11 is 0. The van der Waals surface area contributed by atoms with Crippen molar-refractivity contribution in [2.24, 2.45) is 0 Å². The minimum atomic E-state index is -4.99. The van der Waals surface area contributed by atoms with Crippen LogP contribution in [-0.4, -0.2) is 25.7 Å². The van der Waals surface area contributed by atoms with Gasteiger partial charge in [0, 0.05) is 17.8 Å². The average molecular weight is 431 g/mol. The molecular formula is C17H11F6N5O2. The van der Waals surface area contributed by atoms with E-state index in [0.29, 0.717) is 17.9 Å². The van der Waals surface area contributed by atoms with Crippen molar-refractivity contribution in [1.82, 2.24) is 25.1 Å². The van der Waals surface area contributed by atoms with E-state index >= 15 is 0 Å². The van der Waals surface area contributed by atoms with Crippen molar-refractivity contribution in [1.29, 1.82) is 0 Å². The molecule has 0 fully saturated rings. The molecule has 0 saturated carbocycles. The van der Waals surface area contributed by atoms with Crippen LogP contribution in [0.5, 0.6) is 0 Å². The first-order valence-electron chi connectivity index (χ1n) is 8.07. The van der Waals surface area contributed by atoms with Crippen molar-refractivity contribution in [3.63, 3.8) is 0 Å². The van der Waals surface area contributed by atoms with E-state index < -0.39 is 35.0 Å². The van der Waals surface area contributed by atoms with Crippen molar-refractivity contribution >= 4 is 12.1 Å². The van der Waals surface area contributed by atoms with Gasteiger partial charge in [0.25, 0.3) is 0 Å². The number of aromatic nitrogens is 4. The topological polar surface area (TPSA) is 85.8 Å². The number of carbonyl (C=O) groups excluding carboxylic acids is 1. The fraction of sp³-hybridized carbons (Fsp3) is 0.176. The summed E-state index contributed by atoms with van der Waals surface area (Å²) < 4.78 is 83.7. The van der Waals surface area contributed by atoms with Crippen LogP contribution >= 0.6 is 0 Å². The third-order valence-electron chi connectivity index (χ3n) is 3.65. The number of carbonyl (C=O) groups is 1. The molecule has 1 aromatic carbocycles. The van der Waals surface area contributed by atoms with E-state index in [4.69, 9.17) is 4.42 Å². The van der Waals surface area contributed by atoms with E-state index in [1.807, 2.05) is 0 Å². The molecule has 0 aliphatic rings. The number of hydrogen-bond acceptors (Lipinski definition) is 5. The molecule has 0 aliphatic heterocycles. The van der Waals surface area contributed by atoms with Gasteiger partial charge in [-0.05, 0) is 18.2 Å². The zero-order valence-corrected chi connectivity index (χ0v) is 14.7. The molecule has 7 nitrogen and oxygen atoms in total. The molecule has 0 spiro atoms. The largest absolute Gasteiger partial charge is 0.447 e. The molecule has 0 saturated heterocycles. The normalized spacial score (nSPS) is 12.5. The Bertz CT molecular complexity index is 1020. The summed E-state index contributed by atoms with van der Waals surface area (Å²) in [6, 6.07) is 1.05. The van der Waals surface area contributed by atoms with Crippen molar-refractivity contribution in [3.05, 3.63) is 60.1 Å². The minimum Gasteiger partial charge on any atom is -0.447 e. The number of rotatable bonds is 5. The summed E-state index contributed by atoms with van der Waals surface area (Å²) in [5.41, 5.74) is -3.43. The molecule has 0 bridgehead atoms. The molecule has 3 aromatic rings. The van der Waals surface area contributed by atoms with Crippen molar-refractivity contribution < 1.29 is 35.6 Å². The Balaban J connectivity index is 1.78. The molecule has 158 valence electrons. The quantitative estimate of drug-likeness (QED) is 0.491. The van der Waals surface area contributed by atoms with Gasteiger partial charge in [-0.3, -0.25) is 4.79 Å². The van der Waals surface area contributed by atoms with E-state index in [1.54, 1.807) is 0 Å². The zero-order valence-electron chi connectivity index (χ0n) is 14.7. The number of nitrogens with one attached hydrogen (secondary N) is 1. The second-order valence-electron chi connectivity index (χ2n) is 5.84. The van der Waals surface area contributed by atoms with Crippen LogP contribution in [-0.2, 0) is 23.7 Å². The maximum atomic E-state index is 13.0. The van der Waals surface area contributed by atoms with E-state index in [2.05, 4.69) is 20.4 Å². The van der Waals surface area contributed by atoms with Gasteiger partial charge in [-0.25, -0.2) is 14.6 Å². The Hall–Kier alpha value is -3.64. The highest BCUT2D eigenvalue weighted by Crippen LogP contribution is 2.37. The number of nitrogens with zero attached hydrogens (tertiary/aromatic N) is 4. The van der Waals surface area contributed by atoms with Gasteiger partial charge in [0.1, 0.15) is 12.1 Å². The third kappa shape index (κ3) is 5.24. The van der Waals surface area contributed by atoms with Crippen molar-refractivity contribution in [2.45, 2.75) is 18.9 Å². The molecule has 0 aliphatic carbocycles. The van der Waals surface area contributed by atoms with Crippen LogP contribution in [0.2, 0.25) is 0 Å².